The number of nitrogens with one attached hydrogen (secondary N) is 1. The number of carbonyl (C=O) groups excluding carboxylic acids is 2. The van der Waals surface area contributed by atoms with Gasteiger partial charge in [-0.2, -0.15) is 0 Å². The van der Waals surface area contributed by atoms with Gasteiger partial charge >= 0.3 is 0 Å². The Bertz CT molecular complexity index is 254. The van der Waals surface area contributed by atoms with E-state index in [4.69, 9.17) is 0 Å². The van der Waals surface area contributed by atoms with E-state index in [2.05, 4.69) is 19.2 Å². The van der Waals surface area contributed by atoms with Gasteiger partial charge in [0.05, 0.1) is 0 Å². The lowest BCUT2D eigenvalue weighted by Gasteiger charge is -2.16. The molecule has 0 radical (unpaired) electrons. The van der Waals surface area contributed by atoms with Crippen LogP contribution in [0.15, 0.2) is 0 Å². The molecule has 0 bridgehead atoms. The van der Waals surface area contributed by atoms with Crippen molar-refractivity contribution in [3.8, 4) is 0 Å². The monoisotopic (exact) mass is 297 g/mol. The third-order valence-electron chi connectivity index (χ3n) is 3.98. The van der Waals surface area contributed by atoms with Gasteiger partial charge in [0, 0.05) is 18.9 Å². The van der Waals surface area contributed by atoms with Crippen molar-refractivity contribution in [3.63, 3.8) is 0 Å². The minimum Gasteiger partial charge on any atom is -0.356 e. The molecule has 0 spiro atoms. The number of amides is 1. The Hall–Kier alpha value is -0.860. The van der Waals surface area contributed by atoms with Gasteiger partial charge in [-0.1, -0.05) is 58.8 Å². The molecule has 0 aromatic heterocycles. The number of hydrogen-bond donors (Lipinski definition) is 1. The summed E-state index contributed by atoms with van der Waals surface area (Å²) in [6.45, 7) is 5.15. The Morgan fingerprint density at radius 2 is 1.57 bits per heavy atom. The summed E-state index contributed by atoms with van der Waals surface area (Å²) in [6, 6.07) is 0. The van der Waals surface area contributed by atoms with Crippen LogP contribution < -0.4 is 5.32 Å². The lowest BCUT2D eigenvalue weighted by Crippen LogP contribution is -2.31. The molecule has 0 saturated heterocycles. The van der Waals surface area contributed by atoms with Crippen LogP contribution in [-0.4, -0.2) is 18.7 Å². The number of aldehydes is 1. The predicted molar refractivity (Wildman–Crippen MR) is 89.3 cm³/mol. The van der Waals surface area contributed by atoms with Gasteiger partial charge in [0.25, 0.3) is 0 Å². The first-order valence-corrected chi connectivity index (χ1v) is 8.97. The van der Waals surface area contributed by atoms with Crippen molar-refractivity contribution in [2.24, 2.45) is 5.92 Å². The van der Waals surface area contributed by atoms with E-state index in [1.807, 2.05) is 0 Å². The van der Waals surface area contributed by atoms with Gasteiger partial charge < -0.3 is 10.1 Å². The molecule has 124 valence electrons. The molecule has 1 unspecified atom stereocenters. The van der Waals surface area contributed by atoms with Gasteiger partial charge in [0.2, 0.25) is 5.91 Å². The largest absolute Gasteiger partial charge is 0.356 e. The maximum atomic E-state index is 12.2. The second kappa shape index (κ2) is 15.5. The molecule has 1 amide bonds. The van der Waals surface area contributed by atoms with E-state index >= 15 is 0 Å². The zero-order valence-electron chi connectivity index (χ0n) is 14.2. The smallest absolute Gasteiger partial charge is 0.223 e. The summed E-state index contributed by atoms with van der Waals surface area (Å²) >= 11 is 0. The van der Waals surface area contributed by atoms with E-state index in [9.17, 15) is 9.59 Å². The Morgan fingerprint density at radius 3 is 2.24 bits per heavy atom. The molecule has 0 aliphatic rings. The molecule has 0 heterocycles. The van der Waals surface area contributed by atoms with Crippen molar-refractivity contribution < 1.29 is 9.59 Å². The fourth-order valence-corrected chi connectivity index (χ4v) is 2.56. The van der Waals surface area contributed by atoms with Gasteiger partial charge in [-0.05, 0) is 25.7 Å². The summed E-state index contributed by atoms with van der Waals surface area (Å²) in [6.07, 6.45) is 13.9. The number of rotatable bonds is 15. The van der Waals surface area contributed by atoms with Crippen LogP contribution in [0.4, 0.5) is 0 Å². The van der Waals surface area contributed by atoms with Gasteiger partial charge in [-0.15, -0.1) is 0 Å². The van der Waals surface area contributed by atoms with Crippen LogP contribution in [0.5, 0.6) is 0 Å². The topological polar surface area (TPSA) is 46.2 Å². The molecule has 0 rings (SSSR count). The van der Waals surface area contributed by atoms with E-state index < -0.39 is 0 Å². The molecule has 0 aromatic rings. The summed E-state index contributed by atoms with van der Waals surface area (Å²) in [5.74, 6) is 0.451. The van der Waals surface area contributed by atoms with Crippen molar-refractivity contribution in [1.29, 1.82) is 0 Å². The highest BCUT2D eigenvalue weighted by Crippen LogP contribution is 2.17. The zero-order chi connectivity index (χ0) is 15.8. The van der Waals surface area contributed by atoms with Gasteiger partial charge in [0.15, 0.2) is 0 Å². The SMILES string of the molecule is CCCCCCC(CCCC)C(=O)NCCCCCC=O. The van der Waals surface area contributed by atoms with Crippen LogP contribution >= 0.6 is 0 Å². The minimum absolute atomic E-state index is 0.205. The first-order chi connectivity index (χ1) is 10.3. The maximum absolute atomic E-state index is 12.2. The van der Waals surface area contributed by atoms with E-state index in [0.717, 1.165) is 57.8 Å². The number of carbonyl (C=O) groups is 2. The number of hydrogen-bond acceptors (Lipinski definition) is 2. The van der Waals surface area contributed by atoms with Gasteiger partial charge in [-0.25, -0.2) is 0 Å². The van der Waals surface area contributed by atoms with Crippen molar-refractivity contribution in [1.82, 2.24) is 5.32 Å². The second-order valence-corrected chi connectivity index (χ2v) is 6.00. The summed E-state index contributed by atoms with van der Waals surface area (Å²) < 4.78 is 0. The third kappa shape index (κ3) is 12.6. The van der Waals surface area contributed by atoms with Crippen molar-refractivity contribution >= 4 is 12.2 Å². The summed E-state index contributed by atoms with van der Waals surface area (Å²) in [5.41, 5.74) is 0. The lowest BCUT2D eigenvalue weighted by atomic mass is 9.94. The van der Waals surface area contributed by atoms with Crippen LogP contribution in [-0.2, 0) is 9.59 Å². The highest BCUT2D eigenvalue weighted by molar-refractivity contribution is 5.78. The standard InChI is InChI=1S/C18H35NO2/c1-3-5-7-10-14-17(13-6-4-2)18(21)19-15-11-8-9-12-16-20/h16-17H,3-15H2,1-2H3,(H,19,21). The molecule has 3 heteroatoms. The fourth-order valence-electron chi connectivity index (χ4n) is 2.56. The highest BCUT2D eigenvalue weighted by Gasteiger charge is 2.16. The van der Waals surface area contributed by atoms with E-state index in [1.165, 1.54) is 25.7 Å². The average molecular weight is 297 g/mol. The van der Waals surface area contributed by atoms with Crippen LogP contribution in [0.2, 0.25) is 0 Å². The highest BCUT2D eigenvalue weighted by atomic mass is 16.1. The molecule has 0 aliphatic heterocycles. The Morgan fingerprint density at radius 1 is 0.905 bits per heavy atom. The molecular formula is C18H35NO2. The first-order valence-electron chi connectivity index (χ1n) is 8.97. The van der Waals surface area contributed by atoms with Gasteiger partial charge in [-0.3, -0.25) is 4.79 Å². The Labute approximate surface area is 131 Å². The minimum atomic E-state index is 0.205. The molecule has 3 nitrogen and oxygen atoms in total. The molecule has 0 aliphatic carbocycles. The molecular weight excluding hydrogens is 262 g/mol. The third-order valence-corrected chi connectivity index (χ3v) is 3.98. The molecule has 0 saturated carbocycles. The molecule has 0 fully saturated rings. The van der Waals surface area contributed by atoms with Crippen molar-refractivity contribution in [3.05, 3.63) is 0 Å². The Balaban J connectivity index is 3.86. The van der Waals surface area contributed by atoms with Crippen LogP contribution in [0.25, 0.3) is 0 Å². The average Bonchev–Trinajstić information content (AvgIpc) is 2.49. The second-order valence-electron chi connectivity index (χ2n) is 6.00. The zero-order valence-corrected chi connectivity index (χ0v) is 14.2. The van der Waals surface area contributed by atoms with E-state index in [1.54, 1.807) is 0 Å². The first kappa shape index (κ1) is 20.1. The summed E-state index contributed by atoms with van der Waals surface area (Å²) in [5, 5.41) is 3.08. The maximum Gasteiger partial charge on any atom is 0.223 e. The molecule has 0 aromatic carbocycles. The predicted octanol–water partition coefficient (Wildman–Crippen LogP) is 4.64. The van der Waals surface area contributed by atoms with Crippen molar-refractivity contribution in [2.75, 3.05) is 6.54 Å². The molecule has 21 heavy (non-hydrogen) atoms. The van der Waals surface area contributed by atoms with E-state index in [-0.39, 0.29) is 11.8 Å². The Kier molecular flexibility index (Phi) is 14.9. The normalized spacial score (nSPS) is 12.1. The summed E-state index contributed by atoms with van der Waals surface area (Å²) in [7, 11) is 0. The van der Waals surface area contributed by atoms with E-state index in [0.29, 0.717) is 6.42 Å². The quantitative estimate of drug-likeness (QED) is 0.353. The van der Waals surface area contributed by atoms with Crippen LogP contribution in [0, 0.1) is 5.92 Å². The van der Waals surface area contributed by atoms with Crippen molar-refractivity contribution in [2.45, 2.75) is 90.9 Å². The molecule has 1 atom stereocenters. The van der Waals surface area contributed by atoms with Crippen LogP contribution in [0.1, 0.15) is 90.9 Å². The van der Waals surface area contributed by atoms with Gasteiger partial charge in [0.1, 0.15) is 6.29 Å². The summed E-state index contributed by atoms with van der Waals surface area (Å²) in [4.78, 5) is 22.4. The number of unbranched alkanes of at least 4 members (excludes halogenated alkanes) is 7. The molecule has 1 N–H and O–H groups in total. The lowest BCUT2D eigenvalue weighted by molar-refractivity contribution is -0.125. The fraction of sp³-hybridized carbons (Fsp3) is 0.889. The van der Waals surface area contributed by atoms with Crippen LogP contribution in [0.3, 0.4) is 0 Å².